The van der Waals surface area contributed by atoms with E-state index in [1.54, 1.807) is 18.2 Å². The average Bonchev–Trinajstić information content (AvgIpc) is 2.83. The van der Waals surface area contributed by atoms with Crippen molar-refractivity contribution in [1.29, 1.82) is 0 Å². The highest BCUT2D eigenvalue weighted by Gasteiger charge is 2.20. The normalized spacial score (nSPS) is 13.7. The predicted octanol–water partition coefficient (Wildman–Crippen LogP) is 1.75. The van der Waals surface area contributed by atoms with Crippen LogP contribution in [0.1, 0.15) is 0 Å². The first-order chi connectivity index (χ1) is 9.06. The Bertz CT molecular complexity index is 727. The summed E-state index contributed by atoms with van der Waals surface area (Å²) in [5, 5.41) is 0.909. The standard InChI is InChI=1S/C12H9Cl2N3O2/c13-9-2-1-8(5-10(9)14)15-6-16-11(18)3-4-12(19)17(16)7-15/h1-5H,6-7H2. The number of rotatable bonds is 1. The van der Waals surface area contributed by atoms with Crippen LogP contribution in [0.4, 0.5) is 5.69 Å². The number of anilines is 1. The van der Waals surface area contributed by atoms with E-state index in [-0.39, 0.29) is 11.1 Å². The second-order valence-corrected chi connectivity index (χ2v) is 5.04. The van der Waals surface area contributed by atoms with E-state index in [0.29, 0.717) is 23.4 Å². The lowest BCUT2D eigenvalue weighted by molar-refractivity contribution is 0.548. The molecule has 0 spiro atoms. The minimum absolute atomic E-state index is 0.206. The minimum Gasteiger partial charge on any atom is -0.332 e. The van der Waals surface area contributed by atoms with Crippen molar-refractivity contribution in [3.63, 3.8) is 0 Å². The summed E-state index contributed by atoms with van der Waals surface area (Å²) in [7, 11) is 0. The van der Waals surface area contributed by atoms with Gasteiger partial charge in [0.25, 0.3) is 11.1 Å². The maximum Gasteiger partial charge on any atom is 0.267 e. The van der Waals surface area contributed by atoms with Crippen LogP contribution in [-0.2, 0) is 13.3 Å². The minimum atomic E-state index is -0.206. The molecule has 0 saturated carbocycles. The fourth-order valence-corrected chi connectivity index (χ4v) is 2.35. The Morgan fingerprint density at radius 1 is 0.842 bits per heavy atom. The molecule has 0 unspecified atom stereocenters. The lowest BCUT2D eigenvalue weighted by atomic mass is 10.3. The van der Waals surface area contributed by atoms with Gasteiger partial charge in [0, 0.05) is 17.8 Å². The van der Waals surface area contributed by atoms with Crippen molar-refractivity contribution in [3.8, 4) is 0 Å². The molecule has 3 rings (SSSR count). The molecule has 0 amide bonds. The highest BCUT2D eigenvalue weighted by molar-refractivity contribution is 6.42. The second kappa shape index (κ2) is 4.43. The number of aromatic nitrogens is 2. The van der Waals surface area contributed by atoms with Crippen molar-refractivity contribution >= 4 is 28.9 Å². The third kappa shape index (κ3) is 2.05. The van der Waals surface area contributed by atoms with Crippen molar-refractivity contribution in [2.45, 2.75) is 13.3 Å². The number of hydrogen-bond acceptors (Lipinski definition) is 3. The van der Waals surface area contributed by atoms with Gasteiger partial charge in [-0.05, 0) is 18.2 Å². The first-order valence-corrected chi connectivity index (χ1v) is 6.33. The van der Waals surface area contributed by atoms with Crippen LogP contribution in [-0.4, -0.2) is 9.36 Å². The van der Waals surface area contributed by atoms with Crippen molar-refractivity contribution in [3.05, 3.63) is 61.1 Å². The maximum atomic E-state index is 11.7. The van der Waals surface area contributed by atoms with Crippen molar-refractivity contribution in [1.82, 2.24) is 9.36 Å². The Morgan fingerprint density at radius 3 is 1.95 bits per heavy atom. The van der Waals surface area contributed by atoms with E-state index in [0.717, 1.165) is 5.69 Å². The van der Waals surface area contributed by atoms with Crippen LogP contribution < -0.4 is 16.0 Å². The summed E-state index contributed by atoms with van der Waals surface area (Å²) in [6.07, 6.45) is 0. The molecule has 7 heteroatoms. The monoisotopic (exact) mass is 297 g/mol. The van der Waals surface area contributed by atoms with Crippen LogP contribution >= 0.6 is 23.2 Å². The Labute approximate surface area is 118 Å². The van der Waals surface area contributed by atoms with Gasteiger partial charge in [0.15, 0.2) is 0 Å². The van der Waals surface area contributed by atoms with Crippen LogP contribution in [0, 0.1) is 0 Å². The van der Waals surface area contributed by atoms with E-state index in [9.17, 15) is 9.59 Å². The number of fused-ring (bicyclic) bond motifs is 1. The Balaban J connectivity index is 2.02. The molecule has 0 saturated heterocycles. The molecular weight excluding hydrogens is 289 g/mol. The third-order valence-electron chi connectivity index (χ3n) is 3.05. The average molecular weight is 298 g/mol. The van der Waals surface area contributed by atoms with Crippen LogP contribution in [0.5, 0.6) is 0 Å². The summed E-state index contributed by atoms with van der Waals surface area (Å²) in [5.74, 6) is 0. The van der Waals surface area contributed by atoms with Gasteiger partial charge < -0.3 is 4.90 Å². The van der Waals surface area contributed by atoms with E-state index in [4.69, 9.17) is 23.2 Å². The molecule has 0 radical (unpaired) electrons. The molecular formula is C12H9Cl2N3O2. The van der Waals surface area contributed by atoms with Gasteiger partial charge in [-0.3, -0.25) is 9.59 Å². The summed E-state index contributed by atoms with van der Waals surface area (Å²) in [6, 6.07) is 7.75. The van der Waals surface area contributed by atoms with Crippen LogP contribution in [0.25, 0.3) is 0 Å². The van der Waals surface area contributed by atoms with Crippen LogP contribution in [0.15, 0.2) is 39.9 Å². The first kappa shape index (κ1) is 12.3. The summed E-state index contributed by atoms with van der Waals surface area (Å²) in [6.45, 7) is 0.625. The second-order valence-electron chi connectivity index (χ2n) is 4.23. The highest BCUT2D eigenvalue weighted by atomic mass is 35.5. The van der Waals surface area contributed by atoms with Crippen molar-refractivity contribution in [2.75, 3.05) is 4.90 Å². The summed E-state index contributed by atoms with van der Waals surface area (Å²) in [5.41, 5.74) is 0.397. The third-order valence-corrected chi connectivity index (χ3v) is 3.79. The molecule has 1 aromatic carbocycles. The largest absolute Gasteiger partial charge is 0.332 e. The zero-order chi connectivity index (χ0) is 13.6. The maximum absolute atomic E-state index is 11.7. The molecule has 0 atom stereocenters. The fraction of sp³-hybridized carbons (Fsp3) is 0.167. The molecule has 19 heavy (non-hydrogen) atoms. The quantitative estimate of drug-likeness (QED) is 0.806. The van der Waals surface area contributed by atoms with Gasteiger partial charge in [-0.1, -0.05) is 23.2 Å². The summed E-state index contributed by atoms with van der Waals surface area (Å²) < 4.78 is 2.79. The Morgan fingerprint density at radius 2 is 1.42 bits per heavy atom. The van der Waals surface area contributed by atoms with E-state index in [1.807, 2.05) is 4.90 Å². The molecule has 0 fully saturated rings. The number of hydrogen-bond donors (Lipinski definition) is 0. The predicted molar refractivity (Wildman–Crippen MR) is 73.9 cm³/mol. The van der Waals surface area contributed by atoms with Crippen molar-refractivity contribution in [2.24, 2.45) is 0 Å². The van der Waals surface area contributed by atoms with Crippen LogP contribution in [0.2, 0.25) is 10.0 Å². The Hall–Kier alpha value is -1.72. The molecule has 0 aliphatic carbocycles. The molecule has 1 aliphatic rings. The van der Waals surface area contributed by atoms with Crippen LogP contribution in [0.3, 0.4) is 0 Å². The molecule has 2 aromatic rings. The highest BCUT2D eigenvalue weighted by Crippen LogP contribution is 2.28. The lowest BCUT2D eigenvalue weighted by Gasteiger charge is -2.16. The molecule has 98 valence electrons. The first-order valence-electron chi connectivity index (χ1n) is 5.57. The number of benzene rings is 1. The topological polar surface area (TPSA) is 47.2 Å². The molecule has 0 bridgehead atoms. The molecule has 5 nitrogen and oxygen atoms in total. The van der Waals surface area contributed by atoms with E-state index < -0.39 is 0 Å². The SMILES string of the molecule is O=c1ccc(=O)n2n1CN(c1ccc(Cl)c(Cl)c1)C2. The molecule has 1 aliphatic heterocycles. The van der Waals surface area contributed by atoms with E-state index >= 15 is 0 Å². The number of nitrogens with zero attached hydrogens (tertiary/aromatic N) is 3. The molecule has 1 aromatic heterocycles. The zero-order valence-electron chi connectivity index (χ0n) is 9.72. The fourth-order valence-electron chi connectivity index (χ4n) is 2.06. The van der Waals surface area contributed by atoms with E-state index in [1.165, 1.54) is 21.5 Å². The molecule has 0 N–H and O–H groups in total. The van der Waals surface area contributed by atoms with Gasteiger partial charge in [0.2, 0.25) is 0 Å². The van der Waals surface area contributed by atoms with E-state index in [2.05, 4.69) is 0 Å². The van der Waals surface area contributed by atoms with Gasteiger partial charge in [-0.2, -0.15) is 0 Å². The van der Waals surface area contributed by atoms with Gasteiger partial charge in [0.1, 0.15) is 13.3 Å². The summed E-state index contributed by atoms with van der Waals surface area (Å²) >= 11 is 11.8. The van der Waals surface area contributed by atoms with Gasteiger partial charge in [-0.25, -0.2) is 9.36 Å². The van der Waals surface area contributed by atoms with Crippen molar-refractivity contribution < 1.29 is 0 Å². The van der Waals surface area contributed by atoms with Gasteiger partial charge in [0.05, 0.1) is 10.0 Å². The summed E-state index contributed by atoms with van der Waals surface area (Å²) in [4.78, 5) is 25.2. The van der Waals surface area contributed by atoms with Gasteiger partial charge in [-0.15, -0.1) is 0 Å². The smallest absolute Gasteiger partial charge is 0.267 e. The zero-order valence-corrected chi connectivity index (χ0v) is 11.2. The Kier molecular flexibility index (Phi) is 2.88. The lowest BCUT2D eigenvalue weighted by Crippen LogP contribution is -2.32. The molecule has 2 heterocycles. The number of halogens is 2. The van der Waals surface area contributed by atoms with Gasteiger partial charge >= 0.3 is 0 Å².